The minimum atomic E-state index is -0.469. The number of nitrogens with zero attached hydrogens (tertiary/aromatic N) is 1. The first-order valence-electron chi connectivity index (χ1n) is 5.73. The van der Waals surface area contributed by atoms with Gasteiger partial charge in [0.2, 0.25) is 0 Å². The van der Waals surface area contributed by atoms with E-state index in [-0.39, 0.29) is 17.9 Å². The molecule has 94 valence electrons. The lowest BCUT2D eigenvalue weighted by atomic mass is 10.2. The summed E-state index contributed by atoms with van der Waals surface area (Å²) in [6, 6.07) is 5.03. The molecule has 0 radical (unpaired) electrons. The maximum Gasteiger partial charge on any atom is 0.164 e. The van der Waals surface area contributed by atoms with Crippen molar-refractivity contribution in [1.82, 2.24) is 4.57 Å². The molecule has 0 aliphatic rings. The van der Waals surface area contributed by atoms with Gasteiger partial charge in [-0.3, -0.25) is 4.79 Å². The normalized spacial score (nSPS) is 10.6. The minimum Gasteiger partial charge on any atom is -0.349 e. The third kappa shape index (κ3) is 2.64. The molecule has 2 nitrogen and oxygen atoms in total. The number of halogens is 2. The Morgan fingerprint density at radius 2 is 2.06 bits per heavy atom. The fourth-order valence-corrected chi connectivity index (χ4v) is 1.77. The highest BCUT2D eigenvalue weighted by Gasteiger charge is 2.08. The van der Waals surface area contributed by atoms with Crippen LogP contribution < -0.4 is 0 Å². The van der Waals surface area contributed by atoms with Crippen molar-refractivity contribution in [2.75, 3.05) is 0 Å². The predicted octanol–water partition coefficient (Wildman–Crippen LogP) is 3.41. The zero-order valence-corrected chi connectivity index (χ0v) is 9.99. The molecule has 2 rings (SSSR count). The number of ketones is 1. The van der Waals surface area contributed by atoms with Gasteiger partial charge in [0.05, 0.1) is 6.54 Å². The molecular formula is C14H13F2NO. The molecule has 0 amide bonds. The topological polar surface area (TPSA) is 22.0 Å². The van der Waals surface area contributed by atoms with E-state index in [4.69, 9.17) is 0 Å². The fraction of sp³-hybridized carbons (Fsp3) is 0.214. The number of benzene rings is 1. The van der Waals surface area contributed by atoms with Crippen molar-refractivity contribution < 1.29 is 13.6 Å². The van der Waals surface area contributed by atoms with Crippen LogP contribution in [0.1, 0.15) is 29.3 Å². The molecule has 0 atom stereocenters. The molecule has 0 fully saturated rings. The molecule has 0 aliphatic carbocycles. The first-order valence-corrected chi connectivity index (χ1v) is 5.73. The Bertz CT molecular complexity index is 575. The highest BCUT2D eigenvalue weighted by atomic mass is 19.1. The van der Waals surface area contributed by atoms with Crippen LogP contribution in [0.5, 0.6) is 0 Å². The van der Waals surface area contributed by atoms with E-state index in [2.05, 4.69) is 0 Å². The van der Waals surface area contributed by atoms with Gasteiger partial charge in [0.1, 0.15) is 11.6 Å². The zero-order valence-electron chi connectivity index (χ0n) is 9.99. The van der Waals surface area contributed by atoms with Crippen molar-refractivity contribution in [2.24, 2.45) is 0 Å². The monoisotopic (exact) mass is 249 g/mol. The summed E-state index contributed by atoms with van der Waals surface area (Å²) in [5.41, 5.74) is 0.857. The van der Waals surface area contributed by atoms with Gasteiger partial charge in [-0.05, 0) is 24.3 Å². The quantitative estimate of drug-likeness (QED) is 0.761. The largest absolute Gasteiger partial charge is 0.349 e. The third-order valence-electron chi connectivity index (χ3n) is 2.75. The average molecular weight is 249 g/mol. The van der Waals surface area contributed by atoms with Crippen molar-refractivity contribution in [3.05, 3.63) is 59.4 Å². The Labute approximate surface area is 104 Å². The summed E-state index contributed by atoms with van der Waals surface area (Å²) < 4.78 is 28.1. The van der Waals surface area contributed by atoms with Crippen LogP contribution in [0.25, 0.3) is 0 Å². The zero-order chi connectivity index (χ0) is 13.1. The second kappa shape index (κ2) is 5.12. The van der Waals surface area contributed by atoms with E-state index in [1.807, 2.05) is 0 Å². The van der Waals surface area contributed by atoms with Gasteiger partial charge in [-0.2, -0.15) is 0 Å². The first kappa shape index (κ1) is 12.5. The molecule has 0 spiro atoms. The fourth-order valence-electron chi connectivity index (χ4n) is 1.77. The smallest absolute Gasteiger partial charge is 0.164 e. The molecule has 4 heteroatoms. The van der Waals surface area contributed by atoms with Gasteiger partial charge in [0.15, 0.2) is 5.78 Å². The predicted molar refractivity (Wildman–Crippen MR) is 64.5 cm³/mol. The van der Waals surface area contributed by atoms with Gasteiger partial charge in [-0.1, -0.05) is 6.92 Å². The van der Waals surface area contributed by atoms with Crippen LogP contribution in [0.4, 0.5) is 8.78 Å². The van der Waals surface area contributed by atoms with E-state index in [1.54, 1.807) is 30.0 Å². The number of Topliss-reactive ketones (excluding diaryl/α,β-unsaturated/α-hetero) is 1. The van der Waals surface area contributed by atoms with E-state index in [0.29, 0.717) is 12.0 Å². The molecule has 0 aliphatic heterocycles. The number of hydrogen-bond acceptors (Lipinski definition) is 1. The Kier molecular flexibility index (Phi) is 3.55. The maximum atomic E-state index is 13.4. The van der Waals surface area contributed by atoms with Crippen molar-refractivity contribution in [2.45, 2.75) is 19.9 Å². The summed E-state index contributed by atoms with van der Waals surface area (Å²) in [6.45, 7) is 1.99. The van der Waals surface area contributed by atoms with Crippen molar-refractivity contribution in [3.63, 3.8) is 0 Å². The third-order valence-corrected chi connectivity index (χ3v) is 2.75. The Hall–Kier alpha value is -1.97. The number of hydrogen-bond donors (Lipinski definition) is 0. The van der Waals surface area contributed by atoms with Crippen LogP contribution >= 0.6 is 0 Å². The summed E-state index contributed by atoms with van der Waals surface area (Å²) in [6.07, 6.45) is 3.77. The van der Waals surface area contributed by atoms with Crippen molar-refractivity contribution in [3.8, 4) is 0 Å². The molecule has 2 aromatic rings. The van der Waals surface area contributed by atoms with Crippen molar-refractivity contribution in [1.29, 1.82) is 0 Å². The van der Waals surface area contributed by atoms with Gasteiger partial charge in [-0.25, -0.2) is 8.78 Å². The average Bonchev–Trinajstić information content (AvgIpc) is 2.81. The standard InChI is InChI=1S/C14H13F2NO/c1-2-14(18)10-5-6-17(8-10)9-11-7-12(15)3-4-13(11)16/h3-8H,2,9H2,1H3. The van der Waals surface area contributed by atoms with Gasteiger partial charge in [-0.15, -0.1) is 0 Å². The maximum absolute atomic E-state index is 13.4. The highest BCUT2D eigenvalue weighted by molar-refractivity contribution is 5.95. The number of carbonyl (C=O) groups excluding carboxylic acids is 1. The van der Waals surface area contributed by atoms with Gasteiger partial charge >= 0.3 is 0 Å². The lowest BCUT2D eigenvalue weighted by Gasteiger charge is -2.04. The molecule has 18 heavy (non-hydrogen) atoms. The molecule has 0 saturated heterocycles. The molecule has 0 bridgehead atoms. The molecule has 0 saturated carbocycles. The molecule has 0 unspecified atom stereocenters. The lowest BCUT2D eigenvalue weighted by molar-refractivity contribution is 0.0988. The van der Waals surface area contributed by atoms with Crippen LogP contribution in [0.15, 0.2) is 36.7 Å². The Morgan fingerprint density at radius 3 is 2.78 bits per heavy atom. The van der Waals surface area contributed by atoms with Crippen LogP contribution in [-0.2, 0) is 6.54 Å². The highest BCUT2D eigenvalue weighted by Crippen LogP contribution is 2.13. The molecule has 1 aromatic carbocycles. The minimum absolute atomic E-state index is 0.0356. The van der Waals surface area contributed by atoms with E-state index >= 15 is 0 Å². The van der Waals surface area contributed by atoms with Gasteiger partial charge in [0.25, 0.3) is 0 Å². The molecular weight excluding hydrogens is 236 g/mol. The van der Waals surface area contributed by atoms with E-state index < -0.39 is 11.6 Å². The van der Waals surface area contributed by atoms with Crippen LogP contribution in [0.2, 0.25) is 0 Å². The SMILES string of the molecule is CCC(=O)c1ccn(Cc2cc(F)ccc2F)c1. The van der Waals surface area contributed by atoms with Crippen LogP contribution in [-0.4, -0.2) is 10.4 Å². The molecule has 1 aromatic heterocycles. The van der Waals surface area contributed by atoms with Crippen molar-refractivity contribution >= 4 is 5.78 Å². The summed E-state index contributed by atoms with van der Waals surface area (Å²) >= 11 is 0. The summed E-state index contributed by atoms with van der Waals surface area (Å²) in [4.78, 5) is 11.5. The Balaban J connectivity index is 2.21. The van der Waals surface area contributed by atoms with Crippen LogP contribution in [0.3, 0.4) is 0 Å². The van der Waals surface area contributed by atoms with E-state index in [0.717, 1.165) is 18.2 Å². The van der Waals surface area contributed by atoms with Crippen LogP contribution in [0, 0.1) is 11.6 Å². The molecule has 0 N–H and O–H groups in total. The summed E-state index contributed by atoms with van der Waals surface area (Å²) in [7, 11) is 0. The second-order valence-corrected chi connectivity index (χ2v) is 4.08. The molecule has 1 heterocycles. The number of aromatic nitrogens is 1. The number of rotatable bonds is 4. The van der Waals surface area contributed by atoms with E-state index in [9.17, 15) is 13.6 Å². The van der Waals surface area contributed by atoms with Gasteiger partial charge in [0, 0.05) is 29.9 Å². The lowest BCUT2D eigenvalue weighted by Crippen LogP contribution is -2.01. The van der Waals surface area contributed by atoms with Gasteiger partial charge < -0.3 is 4.57 Å². The number of carbonyl (C=O) groups is 1. The second-order valence-electron chi connectivity index (χ2n) is 4.08. The summed E-state index contributed by atoms with van der Waals surface area (Å²) in [5, 5.41) is 0. The first-order chi connectivity index (χ1) is 8.60. The Morgan fingerprint density at radius 1 is 1.28 bits per heavy atom. The van der Waals surface area contributed by atoms with E-state index in [1.165, 1.54) is 0 Å². The summed E-state index contributed by atoms with van der Waals surface area (Å²) in [5.74, 6) is -0.884.